The first-order valence-electron chi connectivity index (χ1n) is 9.39. The standard InChI is InChI=1S/C23H23F3N2O/c1-15-6-4-8-17-13-18(14-27-20(15)17)21(29)28-22(2,3)11-10-16-7-5-9-19(12-16)23(24,25)26/h4-9,12-14H,10-11H2,1-3H3,(H,28,29). The number of alkyl halides is 3. The number of hydrogen-bond donors (Lipinski definition) is 1. The van der Waals surface area contributed by atoms with Gasteiger partial charge in [0.2, 0.25) is 0 Å². The maximum absolute atomic E-state index is 12.9. The fourth-order valence-corrected chi connectivity index (χ4v) is 3.24. The van der Waals surface area contributed by atoms with Crippen LogP contribution in [0.3, 0.4) is 0 Å². The van der Waals surface area contributed by atoms with Crippen molar-refractivity contribution in [2.45, 2.75) is 45.3 Å². The van der Waals surface area contributed by atoms with Crippen LogP contribution in [0.15, 0.2) is 54.7 Å². The van der Waals surface area contributed by atoms with Crippen molar-refractivity contribution in [2.75, 3.05) is 0 Å². The monoisotopic (exact) mass is 400 g/mol. The van der Waals surface area contributed by atoms with Crippen LogP contribution >= 0.6 is 0 Å². The first-order valence-corrected chi connectivity index (χ1v) is 9.39. The maximum Gasteiger partial charge on any atom is 0.416 e. The van der Waals surface area contributed by atoms with Gasteiger partial charge in [-0.1, -0.05) is 36.4 Å². The molecule has 0 aliphatic carbocycles. The molecule has 3 aromatic rings. The minimum atomic E-state index is -4.36. The van der Waals surface area contributed by atoms with Crippen LogP contribution in [-0.2, 0) is 12.6 Å². The van der Waals surface area contributed by atoms with E-state index >= 15 is 0 Å². The molecule has 152 valence electrons. The van der Waals surface area contributed by atoms with Crippen molar-refractivity contribution in [1.82, 2.24) is 10.3 Å². The molecule has 0 atom stereocenters. The number of aromatic nitrogens is 1. The van der Waals surface area contributed by atoms with Gasteiger partial charge in [0.25, 0.3) is 5.91 Å². The van der Waals surface area contributed by atoms with Crippen LogP contribution in [0.2, 0.25) is 0 Å². The van der Waals surface area contributed by atoms with Gasteiger partial charge in [0, 0.05) is 17.1 Å². The molecule has 3 rings (SSSR count). The number of halogens is 3. The normalized spacial score (nSPS) is 12.2. The second kappa shape index (κ2) is 7.85. The molecule has 3 nitrogen and oxygen atoms in total. The van der Waals surface area contributed by atoms with E-state index in [0.717, 1.165) is 28.6 Å². The molecule has 0 saturated carbocycles. The van der Waals surface area contributed by atoms with Gasteiger partial charge in [-0.25, -0.2) is 0 Å². The molecule has 0 radical (unpaired) electrons. The van der Waals surface area contributed by atoms with Crippen molar-refractivity contribution < 1.29 is 18.0 Å². The number of rotatable bonds is 5. The number of hydrogen-bond acceptors (Lipinski definition) is 2. The minimum absolute atomic E-state index is 0.255. The summed E-state index contributed by atoms with van der Waals surface area (Å²) in [4.78, 5) is 17.1. The van der Waals surface area contributed by atoms with E-state index in [9.17, 15) is 18.0 Å². The molecule has 29 heavy (non-hydrogen) atoms. The average Bonchev–Trinajstić information content (AvgIpc) is 2.66. The highest BCUT2D eigenvalue weighted by molar-refractivity contribution is 5.98. The number of nitrogens with zero attached hydrogens (tertiary/aromatic N) is 1. The lowest BCUT2D eigenvalue weighted by molar-refractivity contribution is -0.137. The van der Waals surface area contributed by atoms with E-state index in [1.165, 1.54) is 6.07 Å². The summed E-state index contributed by atoms with van der Waals surface area (Å²) >= 11 is 0. The van der Waals surface area contributed by atoms with Crippen molar-refractivity contribution in [3.05, 3.63) is 77.0 Å². The van der Waals surface area contributed by atoms with Crippen molar-refractivity contribution in [3.8, 4) is 0 Å². The Morgan fingerprint density at radius 2 is 1.79 bits per heavy atom. The summed E-state index contributed by atoms with van der Waals surface area (Å²) < 4.78 is 38.6. The number of fused-ring (bicyclic) bond motifs is 1. The average molecular weight is 400 g/mol. The highest BCUT2D eigenvalue weighted by Gasteiger charge is 2.30. The van der Waals surface area contributed by atoms with Crippen LogP contribution in [0.4, 0.5) is 13.2 Å². The van der Waals surface area contributed by atoms with Gasteiger partial charge in [-0.05, 0) is 56.9 Å². The SMILES string of the molecule is Cc1cccc2cc(C(=O)NC(C)(C)CCc3cccc(C(F)(F)F)c3)cnc12. The van der Waals surface area contributed by atoms with Crippen molar-refractivity contribution in [3.63, 3.8) is 0 Å². The van der Waals surface area contributed by atoms with Crippen LogP contribution in [0.5, 0.6) is 0 Å². The van der Waals surface area contributed by atoms with E-state index in [0.29, 0.717) is 24.0 Å². The topological polar surface area (TPSA) is 42.0 Å². The third kappa shape index (κ3) is 5.13. The Hall–Kier alpha value is -2.89. The zero-order chi connectivity index (χ0) is 21.2. The van der Waals surface area contributed by atoms with Gasteiger partial charge < -0.3 is 5.32 Å². The second-order valence-corrected chi connectivity index (χ2v) is 7.91. The van der Waals surface area contributed by atoms with Crippen LogP contribution in [0.1, 0.15) is 47.3 Å². The highest BCUT2D eigenvalue weighted by atomic mass is 19.4. The summed E-state index contributed by atoms with van der Waals surface area (Å²) in [5.74, 6) is -0.255. The molecule has 0 aliphatic rings. The Morgan fingerprint density at radius 1 is 1.07 bits per heavy atom. The lowest BCUT2D eigenvalue weighted by atomic mass is 9.94. The van der Waals surface area contributed by atoms with Gasteiger partial charge in [0.05, 0.1) is 16.6 Å². The van der Waals surface area contributed by atoms with E-state index < -0.39 is 17.3 Å². The van der Waals surface area contributed by atoms with Gasteiger partial charge in [-0.2, -0.15) is 13.2 Å². The van der Waals surface area contributed by atoms with Gasteiger partial charge >= 0.3 is 6.18 Å². The van der Waals surface area contributed by atoms with E-state index in [4.69, 9.17) is 0 Å². The molecular weight excluding hydrogens is 377 g/mol. The van der Waals surface area contributed by atoms with Crippen LogP contribution in [-0.4, -0.2) is 16.4 Å². The molecule has 1 N–H and O–H groups in total. The lowest BCUT2D eigenvalue weighted by Gasteiger charge is -2.26. The first kappa shape index (κ1) is 20.8. The number of carbonyl (C=O) groups is 1. The molecule has 1 aromatic heterocycles. The predicted molar refractivity (Wildman–Crippen MR) is 108 cm³/mol. The van der Waals surface area contributed by atoms with Gasteiger partial charge in [0.15, 0.2) is 0 Å². The third-order valence-electron chi connectivity index (χ3n) is 4.92. The molecule has 0 fully saturated rings. The molecule has 0 bridgehead atoms. The Kier molecular flexibility index (Phi) is 5.64. The molecule has 2 aromatic carbocycles. The number of benzene rings is 2. The van der Waals surface area contributed by atoms with Gasteiger partial charge in [-0.15, -0.1) is 0 Å². The molecule has 0 unspecified atom stereocenters. The number of para-hydroxylation sites is 1. The van der Waals surface area contributed by atoms with Crippen molar-refractivity contribution in [1.29, 1.82) is 0 Å². The molecule has 6 heteroatoms. The largest absolute Gasteiger partial charge is 0.416 e. The first-order chi connectivity index (χ1) is 13.5. The third-order valence-corrected chi connectivity index (χ3v) is 4.92. The second-order valence-electron chi connectivity index (χ2n) is 7.91. The van der Waals surface area contributed by atoms with Crippen molar-refractivity contribution in [2.24, 2.45) is 0 Å². The Labute approximate surface area is 168 Å². The summed E-state index contributed by atoms with van der Waals surface area (Å²) in [7, 11) is 0. The van der Waals surface area contributed by atoms with E-state index in [-0.39, 0.29) is 5.91 Å². The van der Waals surface area contributed by atoms with Gasteiger partial charge in [-0.3, -0.25) is 9.78 Å². The lowest BCUT2D eigenvalue weighted by Crippen LogP contribution is -2.43. The molecule has 0 spiro atoms. The summed E-state index contributed by atoms with van der Waals surface area (Å²) in [5.41, 5.74) is 1.69. The highest BCUT2D eigenvalue weighted by Crippen LogP contribution is 2.30. The summed E-state index contributed by atoms with van der Waals surface area (Å²) in [6.45, 7) is 5.68. The van der Waals surface area contributed by atoms with E-state index in [2.05, 4.69) is 10.3 Å². The number of aryl methyl sites for hydroxylation is 2. The zero-order valence-corrected chi connectivity index (χ0v) is 16.6. The Morgan fingerprint density at radius 3 is 2.52 bits per heavy atom. The smallest absolute Gasteiger partial charge is 0.347 e. The number of carbonyl (C=O) groups excluding carboxylic acids is 1. The fraction of sp³-hybridized carbons (Fsp3) is 0.304. The van der Waals surface area contributed by atoms with E-state index in [1.807, 2.05) is 39.0 Å². The number of nitrogens with one attached hydrogen (secondary N) is 1. The van der Waals surface area contributed by atoms with Gasteiger partial charge in [0.1, 0.15) is 0 Å². The molecule has 0 saturated heterocycles. The van der Waals surface area contributed by atoms with Crippen LogP contribution in [0, 0.1) is 6.92 Å². The Bertz CT molecular complexity index is 1040. The molecule has 0 aliphatic heterocycles. The summed E-state index contributed by atoms with van der Waals surface area (Å²) in [6, 6.07) is 12.9. The quantitative estimate of drug-likeness (QED) is 0.597. The summed E-state index contributed by atoms with van der Waals surface area (Å²) in [6.07, 6.45) is -1.89. The summed E-state index contributed by atoms with van der Waals surface area (Å²) in [5, 5.41) is 3.85. The number of amides is 1. The number of pyridine rings is 1. The maximum atomic E-state index is 12.9. The predicted octanol–water partition coefficient (Wildman–Crippen LogP) is 5.70. The van der Waals surface area contributed by atoms with E-state index in [1.54, 1.807) is 18.3 Å². The fourth-order valence-electron chi connectivity index (χ4n) is 3.24. The van der Waals surface area contributed by atoms with Crippen LogP contribution < -0.4 is 5.32 Å². The Balaban J connectivity index is 1.68. The van der Waals surface area contributed by atoms with Crippen LogP contribution in [0.25, 0.3) is 10.9 Å². The zero-order valence-electron chi connectivity index (χ0n) is 16.6. The minimum Gasteiger partial charge on any atom is -0.347 e. The molecular formula is C23H23F3N2O. The molecule has 1 heterocycles. The van der Waals surface area contributed by atoms with Crippen molar-refractivity contribution >= 4 is 16.8 Å². The molecule has 1 amide bonds.